The number of aliphatic carboxylic acids is 1. The molecule has 9 heteroatoms. The van der Waals surface area contributed by atoms with E-state index in [0.717, 1.165) is 70.6 Å². The lowest BCUT2D eigenvalue weighted by Crippen LogP contribution is -2.44. The molecule has 0 spiro atoms. The van der Waals surface area contributed by atoms with Crippen molar-refractivity contribution in [1.29, 1.82) is 0 Å². The maximum atomic E-state index is 12.7. The van der Waals surface area contributed by atoms with Crippen molar-refractivity contribution >= 4 is 17.9 Å². The van der Waals surface area contributed by atoms with Gasteiger partial charge in [-0.2, -0.15) is 0 Å². The summed E-state index contributed by atoms with van der Waals surface area (Å²) in [4.78, 5) is 36.9. The standard InChI is InChI=1S/C44H81NO8/c1-6-8-10-12-14-16-18-20-21-22-23-25-27-29-31-33-35-42(47)53-40(39-52-44(43(48)49)50-37-36-45(3,4)5)38-51-41(46)34-32-30-28-26-24-19-17-15-13-11-9-7-2/h15,17,21-22,40,44H,6-14,16,18-20,23-39H2,1-5H3/b17-15-,22-21-. The summed E-state index contributed by atoms with van der Waals surface area (Å²) in [5, 5.41) is 11.7. The van der Waals surface area contributed by atoms with Gasteiger partial charge in [-0.15, -0.1) is 0 Å². The van der Waals surface area contributed by atoms with E-state index in [1.165, 1.54) is 77.0 Å². The van der Waals surface area contributed by atoms with E-state index in [-0.39, 0.29) is 38.6 Å². The number of carboxylic acids is 1. The Labute approximate surface area is 325 Å². The Balaban J connectivity index is 4.49. The molecule has 0 N–H and O–H groups in total. The largest absolute Gasteiger partial charge is 0.545 e. The van der Waals surface area contributed by atoms with E-state index in [4.69, 9.17) is 18.9 Å². The average Bonchev–Trinajstić information content (AvgIpc) is 3.11. The SMILES string of the molecule is CCCCC/C=C\CCCCCCCC(=O)OCC(COC(OCC[N+](C)(C)C)C(=O)[O-])OC(=O)CCCCCCC/C=C\CCCCCCCCC. The average molecular weight is 752 g/mol. The number of allylic oxidation sites excluding steroid dienone is 4. The molecular formula is C44H81NO8. The first-order valence-corrected chi connectivity index (χ1v) is 21.5. The molecule has 0 fully saturated rings. The fourth-order valence-corrected chi connectivity index (χ4v) is 5.76. The van der Waals surface area contributed by atoms with E-state index in [1.54, 1.807) is 0 Å². The zero-order valence-corrected chi connectivity index (χ0v) is 34.9. The second-order valence-electron chi connectivity index (χ2n) is 15.6. The Kier molecular flexibility index (Phi) is 35.2. The van der Waals surface area contributed by atoms with E-state index >= 15 is 0 Å². The molecule has 2 unspecified atom stereocenters. The van der Waals surface area contributed by atoms with Gasteiger partial charge in [-0.3, -0.25) is 9.59 Å². The maximum absolute atomic E-state index is 12.7. The third kappa shape index (κ3) is 37.9. The minimum atomic E-state index is -1.62. The molecular weight excluding hydrogens is 670 g/mol. The van der Waals surface area contributed by atoms with E-state index < -0.39 is 24.3 Å². The summed E-state index contributed by atoms with van der Waals surface area (Å²) in [6, 6.07) is 0. The highest BCUT2D eigenvalue weighted by atomic mass is 16.7. The van der Waals surface area contributed by atoms with Crippen LogP contribution in [0.4, 0.5) is 0 Å². The van der Waals surface area contributed by atoms with Crippen molar-refractivity contribution in [2.24, 2.45) is 0 Å². The Morgan fingerprint density at radius 3 is 1.43 bits per heavy atom. The summed E-state index contributed by atoms with van der Waals surface area (Å²) in [6.45, 7) is 4.69. The number of carbonyl (C=O) groups is 3. The number of carboxylic acid groups (broad SMARTS) is 1. The van der Waals surface area contributed by atoms with E-state index in [1.807, 2.05) is 21.1 Å². The molecule has 0 heterocycles. The van der Waals surface area contributed by atoms with Crippen molar-refractivity contribution in [2.45, 2.75) is 193 Å². The fourth-order valence-electron chi connectivity index (χ4n) is 5.76. The quantitative estimate of drug-likeness (QED) is 0.0201. The molecule has 0 aromatic heterocycles. The summed E-state index contributed by atoms with van der Waals surface area (Å²) in [5.41, 5.74) is 0. The van der Waals surface area contributed by atoms with Gasteiger partial charge in [0.25, 0.3) is 0 Å². The molecule has 2 atom stereocenters. The normalized spacial score (nSPS) is 13.2. The molecule has 0 radical (unpaired) electrons. The van der Waals surface area contributed by atoms with Crippen LogP contribution >= 0.6 is 0 Å². The zero-order chi connectivity index (χ0) is 39.3. The van der Waals surface area contributed by atoms with Gasteiger partial charge < -0.3 is 33.3 Å². The number of hydrogen-bond acceptors (Lipinski definition) is 8. The van der Waals surface area contributed by atoms with Crippen LogP contribution < -0.4 is 5.11 Å². The van der Waals surface area contributed by atoms with Crippen LogP contribution in [0.25, 0.3) is 0 Å². The number of hydrogen-bond donors (Lipinski definition) is 0. The number of carbonyl (C=O) groups excluding carboxylic acids is 3. The van der Waals surface area contributed by atoms with Gasteiger partial charge >= 0.3 is 11.9 Å². The van der Waals surface area contributed by atoms with Crippen molar-refractivity contribution in [2.75, 3.05) is 47.5 Å². The van der Waals surface area contributed by atoms with Gasteiger partial charge in [0, 0.05) is 12.8 Å². The molecule has 0 amide bonds. The molecule has 0 aromatic carbocycles. The maximum Gasteiger partial charge on any atom is 0.306 e. The highest BCUT2D eigenvalue weighted by molar-refractivity contribution is 5.70. The van der Waals surface area contributed by atoms with Crippen LogP contribution in [0.5, 0.6) is 0 Å². The highest BCUT2D eigenvalue weighted by Gasteiger charge is 2.21. The van der Waals surface area contributed by atoms with E-state index in [0.29, 0.717) is 17.4 Å². The van der Waals surface area contributed by atoms with Crippen LogP contribution in [0.3, 0.4) is 0 Å². The van der Waals surface area contributed by atoms with Crippen molar-refractivity contribution in [3.63, 3.8) is 0 Å². The predicted octanol–water partition coefficient (Wildman–Crippen LogP) is 9.55. The van der Waals surface area contributed by atoms with Gasteiger partial charge in [0.2, 0.25) is 0 Å². The Bertz CT molecular complexity index is 929. The monoisotopic (exact) mass is 752 g/mol. The Morgan fingerprint density at radius 1 is 0.547 bits per heavy atom. The molecule has 0 aliphatic heterocycles. The van der Waals surface area contributed by atoms with Crippen LogP contribution in [-0.4, -0.2) is 82.3 Å². The van der Waals surface area contributed by atoms with Crippen molar-refractivity contribution in [3.05, 3.63) is 24.3 Å². The minimum Gasteiger partial charge on any atom is -0.545 e. The lowest BCUT2D eigenvalue weighted by Gasteiger charge is -2.26. The van der Waals surface area contributed by atoms with Gasteiger partial charge in [0.05, 0.1) is 40.3 Å². The summed E-state index contributed by atoms with van der Waals surface area (Å²) in [5.74, 6) is -2.31. The van der Waals surface area contributed by atoms with Crippen LogP contribution in [0.15, 0.2) is 24.3 Å². The van der Waals surface area contributed by atoms with Crippen LogP contribution in [-0.2, 0) is 33.3 Å². The summed E-state index contributed by atoms with van der Waals surface area (Å²) in [7, 11) is 5.90. The number of unbranched alkanes of at least 4 members (excludes halogenated alkanes) is 20. The first-order valence-electron chi connectivity index (χ1n) is 21.5. The van der Waals surface area contributed by atoms with E-state index in [9.17, 15) is 19.5 Å². The lowest BCUT2D eigenvalue weighted by molar-refractivity contribution is -0.870. The van der Waals surface area contributed by atoms with Crippen LogP contribution in [0.2, 0.25) is 0 Å². The number of esters is 2. The van der Waals surface area contributed by atoms with Crippen LogP contribution in [0.1, 0.15) is 181 Å². The van der Waals surface area contributed by atoms with Gasteiger partial charge in [-0.05, 0) is 64.2 Å². The molecule has 310 valence electrons. The van der Waals surface area contributed by atoms with Gasteiger partial charge in [0.1, 0.15) is 13.2 Å². The summed E-state index contributed by atoms with van der Waals surface area (Å²) >= 11 is 0. The Hall–Kier alpha value is -2.23. The molecule has 9 nitrogen and oxygen atoms in total. The highest BCUT2D eigenvalue weighted by Crippen LogP contribution is 2.13. The second kappa shape index (κ2) is 36.7. The molecule has 0 aromatic rings. The van der Waals surface area contributed by atoms with E-state index in [2.05, 4.69) is 38.2 Å². The Morgan fingerprint density at radius 2 is 0.962 bits per heavy atom. The van der Waals surface area contributed by atoms with Gasteiger partial charge in [-0.1, -0.05) is 128 Å². The topological polar surface area (TPSA) is 111 Å². The van der Waals surface area contributed by atoms with Crippen molar-refractivity contribution in [1.82, 2.24) is 0 Å². The molecule has 0 aliphatic rings. The minimum absolute atomic E-state index is 0.146. The molecule has 0 aliphatic carbocycles. The number of ether oxygens (including phenoxy) is 4. The van der Waals surface area contributed by atoms with Crippen molar-refractivity contribution < 1.29 is 42.9 Å². The smallest absolute Gasteiger partial charge is 0.306 e. The number of nitrogens with zero attached hydrogens (tertiary/aromatic N) is 1. The summed E-state index contributed by atoms with van der Waals surface area (Å²) in [6.07, 6.45) is 34.9. The molecule has 0 saturated carbocycles. The number of likely N-dealkylation sites (N-methyl/N-ethyl adjacent to an activating group) is 1. The molecule has 0 bridgehead atoms. The lowest BCUT2D eigenvalue weighted by atomic mass is 10.1. The third-order valence-corrected chi connectivity index (χ3v) is 9.17. The summed E-state index contributed by atoms with van der Waals surface area (Å²) < 4.78 is 22.5. The third-order valence-electron chi connectivity index (χ3n) is 9.17. The predicted molar refractivity (Wildman–Crippen MR) is 214 cm³/mol. The zero-order valence-electron chi connectivity index (χ0n) is 34.9. The van der Waals surface area contributed by atoms with Gasteiger partial charge in [-0.25, -0.2) is 0 Å². The van der Waals surface area contributed by atoms with Gasteiger partial charge in [0.15, 0.2) is 12.4 Å². The second-order valence-corrected chi connectivity index (χ2v) is 15.6. The first-order chi connectivity index (χ1) is 25.6. The molecule has 53 heavy (non-hydrogen) atoms. The fraction of sp³-hybridized carbons (Fsp3) is 0.841. The first kappa shape index (κ1) is 50.8. The number of quaternary nitrogens is 1. The van der Waals surface area contributed by atoms with Crippen LogP contribution in [0, 0.1) is 0 Å². The molecule has 0 rings (SSSR count). The van der Waals surface area contributed by atoms with Crippen molar-refractivity contribution in [3.8, 4) is 0 Å². The molecule has 0 saturated heterocycles. The number of rotatable bonds is 39.